The third-order valence-corrected chi connectivity index (χ3v) is 11.6. The Morgan fingerprint density at radius 1 is 0.566 bits per heavy atom. The van der Waals surface area contributed by atoms with Gasteiger partial charge in [-0.15, -0.1) is 0 Å². The van der Waals surface area contributed by atoms with Crippen LogP contribution in [-0.2, 0) is 5.41 Å². The van der Waals surface area contributed by atoms with E-state index in [4.69, 9.17) is 4.98 Å². The Labute approximate surface area is 311 Å². The maximum atomic E-state index is 5.27. The zero-order valence-electron chi connectivity index (χ0n) is 30.3. The summed E-state index contributed by atoms with van der Waals surface area (Å²) in [4.78, 5) is 5.27. The van der Waals surface area contributed by atoms with Gasteiger partial charge in [-0.2, -0.15) is 0 Å². The number of hydrogen-bond acceptors (Lipinski definition) is 1. The Balaban J connectivity index is 1.14. The lowest BCUT2D eigenvalue weighted by atomic mass is 9.81. The van der Waals surface area contributed by atoms with E-state index < -0.39 is 0 Å². The fourth-order valence-corrected chi connectivity index (χ4v) is 8.83. The number of aromatic nitrogens is 2. The van der Waals surface area contributed by atoms with Crippen LogP contribution in [0.15, 0.2) is 170 Å². The Hall–Kier alpha value is -6.25. The van der Waals surface area contributed by atoms with Crippen molar-refractivity contribution in [3.05, 3.63) is 192 Å². The first kappa shape index (κ1) is 31.5. The highest BCUT2D eigenvalue weighted by molar-refractivity contribution is 6.11. The molecule has 2 aliphatic carbocycles. The maximum absolute atomic E-state index is 5.27. The second-order valence-electron chi connectivity index (χ2n) is 15.2. The molecule has 2 aromatic heterocycles. The molecule has 2 nitrogen and oxygen atoms in total. The molecular weight excluding hydrogens is 641 g/mol. The summed E-state index contributed by atoms with van der Waals surface area (Å²) in [5.41, 5.74) is 18.4. The number of rotatable bonds is 5. The van der Waals surface area contributed by atoms with E-state index in [1.807, 2.05) is 0 Å². The average Bonchev–Trinajstić information content (AvgIpc) is 3.65. The minimum absolute atomic E-state index is 0.179. The number of hydrogen-bond donors (Lipinski definition) is 0. The smallest absolute Gasteiger partial charge is 0.0726 e. The first-order valence-electron chi connectivity index (χ1n) is 18.7. The van der Waals surface area contributed by atoms with Gasteiger partial charge in [0.15, 0.2) is 0 Å². The summed E-state index contributed by atoms with van der Waals surface area (Å²) in [6, 6.07) is 53.8. The van der Waals surface area contributed by atoms with Crippen LogP contribution in [0, 0.1) is 6.92 Å². The first-order chi connectivity index (χ1) is 25.9. The lowest BCUT2D eigenvalue weighted by Gasteiger charge is -2.23. The Kier molecular flexibility index (Phi) is 7.23. The van der Waals surface area contributed by atoms with Crippen LogP contribution in [0.2, 0.25) is 0 Å². The lowest BCUT2D eigenvalue weighted by Crippen LogP contribution is -2.15. The molecule has 0 radical (unpaired) electrons. The van der Waals surface area contributed by atoms with Crippen molar-refractivity contribution in [3.8, 4) is 50.3 Å². The number of allylic oxidation sites excluding steroid dienone is 4. The minimum atomic E-state index is -0.179. The molecule has 254 valence electrons. The van der Waals surface area contributed by atoms with Crippen LogP contribution in [0.3, 0.4) is 0 Å². The third kappa shape index (κ3) is 5.12. The molecule has 0 amide bonds. The highest BCUT2D eigenvalue weighted by atomic mass is 15.0. The van der Waals surface area contributed by atoms with E-state index in [1.54, 1.807) is 0 Å². The summed E-state index contributed by atoms with van der Waals surface area (Å²) in [6.07, 6.45) is 9.77. The van der Waals surface area contributed by atoms with Gasteiger partial charge < -0.3 is 4.57 Å². The van der Waals surface area contributed by atoms with Gasteiger partial charge in [0.25, 0.3) is 0 Å². The molecule has 0 spiro atoms. The van der Waals surface area contributed by atoms with E-state index in [0.717, 1.165) is 29.1 Å². The summed E-state index contributed by atoms with van der Waals surface area (Å²) < 4.78 is 2.48. The highest BCUT2D eigenvalue weighted by Crippen LogP contribution is 2.52. The molecule has 1 atom stereocenters. The number of fused-ring (bicyclic) bond motifs is 6. The monoisotopic (exact) mass is 680 g/mol. The quantitative estimate of drug-likeness (QED) is 0.177. The molecule has 0 aliphatic heterocycles. The van der Waals surface area contributed by atoms with Crippen LogP contribution in [0.4, 0.5) is 0 Å². The topological polar surface area (TPSA) is 17.8 Å². The first-order valence-corrected chi connectivity index (χ1v) is 18.7. The molecule has 6 aromatic carbocycles. The zero-order chi connectivity index (χ0) is 35.7. The van der Waals surface area contributed by atoms with Crippen LogP contribution in [0.25, 0.3) is 72.1 Å². The molecule has 2 heterocycles. The molecule has 8 aromatic rings. The van der Waals surface area contributed by atoms with Crippen LogP contribution in [0.5, 0.6) is 0 Å². The van der Waals surface area contributed by atoms with Gasteiger partial charge in [0, 0.05) is 27.7 Å². The predicted octanol–water partition coefficient (Wildman–Crippen LogP) is 13.4. The van der Waals surface area contributed by atoms with E-state index in [1.165, 1.54) is 71.9 Å². The van der Waals surface area contributed by atoms with Crippen LogP contribution >= 0.6 is 0 Å². The molecule has 0 bridgehead atoms. The van der Waals surface area contributed by atoms with Gasteiger partial charge >= 0.3 is 0 Å². The van der Waals surface area contributed by atoms with Crippen molar-refractivity contribution in [1.82, 2.24) is 9.55 Å². The molecule has 53 heavy (non-hydrogen) atoms. The zero-order valence-corrected chi connectivity index (χ0v) is 30.3. The van der Waals surface area contributed by atoms with Crippen molar-refractivity contribution in [2.75, 3.05) is 0 Å². The van der Waals surface area contributed by atoms with E-state index in [0.29, 0.717) is 0 Å². The Morgan fingerprint density at radius 2 is 1.32 bits per heavy atom. The van der Waals surface area contributed by atoms with E-state index >= 15 is 0 Å². The second-order valence-corrected chi connectivity index (χ2v) is 15.2. The normalized spacial score (nSPS) is 15.6. The van der Waals surface area contributed by atoms with Gasteiger partial charge in [-0.1, -0.05) is 141 Å². The highest BCUT2D eigenvalue weighted by Gasteiger charge is 2.37. The van der Waals surface area contributed by atoms with Gasteiger partial charge in [0.05, 0.1) is 28.1 Å². The molecule has 10 rings (SSSR count). The standard InChI is InChI=1S/C51H40N2/c1-33-15-10-11-22-40(33)38-21-14-20-36(27-38)37-25-26-41-43-31-44-42-23-12-13-24-49(42)53(50(44)32-46(43)51(2,3)45(41)28-37)39-29-47(34-16-6-4-7-17-34)52-48(30-39)35-18-8-5-9-19-35/h4-18,20-32,35H,19H2,1-3H3. The summed E-state index contributed by atoms with van der Waals surface area (Å²) in [6.45, 7) is 6.98. The van der Waals surface area contributed by atoms with E-state index in [-0.39, 0.29) is 11.3 Å². The van der Waals surface area contributed by atoms with Crippen molar-refractivity contribution >= 4 is 21.8 Å². The molecule has 0 N–H and O–H groups in total. The number of para-hydroxylation sites is 1. The number of pyridine rings is 1. The number of nitrogens with zero attached hydrogens (tertiary/aromatic N) is 2. The molecule has 1 unspecified atom stereocenters. The van der Waals surface area contributed by atoms with Crippen LogP contribution in [-0.4, -0.2) is 9.55 Å². The maximum Gasteiger partial charge on any atom is 0.0726 e. The van der Waals surface area contributed by atoms with Gasteiger partial charge in [-0.05, 0) is 106 Å². The Morgan fingerprint density at radius 3 is 2.17 bits per heavy atom. The van der Waals surface area contributed by atoms with Crippen molar-refractivity contribution in [3.63, 3.8) is 0 Å². The molecule has 0 saturated heterocycles. The van der Waals surface area contributed by atoms with Crippen molar-refractivity contribution in [1.29, 1.82) is 0 Å². The largest absolute Gasteiger partial charge is 0.309 e. The fraction of sp³-hybridized carbons (Fsp3) is 0.118. The Bertz CT molecular complexity index is 2790. The third-order valence-electron chi connectivity index (χ3n) is 11.6. The summed E-state index contributed by atoms with van der Waals surface area (Å²) in [5.74, 6) is 0.236. The van der Waals surface area contributed by atoms with Crippen molar-refractivity contribution in [2.45, 2.75) is 38.5 Å². The average molecular weight is 681 g/mol. The lowest BCUT2D eigenvalue weighted by molar-refractivity contribution is 0.661. The predicted molar refractivity (Wildman–Crippen MR) is 223 cm³/mol. The number of benzene rings is 6. The fourth-order valence-electron chi connectivity index (χ4n) is 8.83. The molecule has 0 fully saturated rings. The van der Waals surface area contributed by atoms with Gasteiger partial charge in [-0.3, -0.25) is 4.98 Å². The van der Waals surface area contributed by atoms with E-state index in [2.05, 4.69) is 195 Å². The van der Waals surface area contributed by atoms with Crippen LogP contribution < -0.4 is 0 Å². The SMILES string of the molecule is Cc1ccccc1-c1cccc(-c2ccc3c(c2)C(C)(C)c2cc4c(cc2-3)c2ccccc2n4-c2cc(-c3ccccc3)nc(C3C=CC=CC3)c2)c1. The number of aryl methyl sites for hydroxylation is 1. The molecular formula is C51H40N2. The van der Waals surface area contributed by atoms with Gasteiger partial charge in [-0.25, -0.2) is 0 Å². The molecule has 2 aliphatic rings. The van der Waals surface area contributed by atoms with Crippen LogP contribution in [0.1, 0.15) is 48.6 Å². The minimum Gasteiger partial charge on any atom is -0.309 e. The van der Waals surface area contributed by atoms with Crippen molar-refractivity contribution in [2.24, 2.45) is 0 Å². The second kappa shape index (κ2) is 12.2. The summed E-state index contributed by atoms with van der Waals surface area (Å²) in [5, 5.41) is 2.54. The summed E-state index contributed by atoms with van der Waals surface area (Å²) >= 11 is 0. The summed E-state index contributed by atoms with van der Waals surface area (Å²) in [7, 11) is 0. The van der Waals surface area contributed by atoms with Gasteiger partial charge in [0.1, 0.15) is 0 Å². The van der Waals surface area contributed by atoms with E-state index in [9.17, 15) is 0 Å². The molecule has 2 heteroatoms. The van der Waals surface area contributed by atoms with Gasteiger partial charge in [0.2, 0.25) is 0 Å². The molecule has 0 saturated carbocycles. The van der Waals surface area contributed by atoms with Crippen molar-refractivity contribution < 1.29 is 0 Å².